The summed E-state index contributed by atoms with van der Waals surface area (Å²) in [6, 6.07) is 0. The Kier molecular flexibility index (Phi) is 2.74. The minimum Gasteiger partial charge on any atom is -0.481 e. The number of carboxylic acid groups (broad SMARTS) is 1. The molecule has 0 aromatic heterocycles. The van der Waals surface area contributed by atoms with Crippen molar-refractivity contribution in [3.8, 4) is 0 Å². The molecular weight excluding hydrogens is 208 g/mol. The Morgan fingerprint density at radius 2 is 1.94 bits per heavy atom. The Hall–Kier alpha value is -1.32. The molecule has 0 aromatic carbocycles. The van der Waals surface area contributed by atoms with E-state index in [1.807, 2.05) is 0 Å². The predicted molar refractivity (Wildman–Crippen MR) is 56.7 cm³/mol. The number of carbonyl (C=O) groups excluding carboxylic acids is 1. The average Bonchev–Trinajstić information content (AvgIpc) is 2.76. The lowest BCUT2D eigenvalue weighted by Gasteiger charge is -2.27. The largest absolute Gasteiger partial charge is 0.481 e. The fourth-order valence-corrected chi connectivity index (χ4v) is 2.97. The molecule has 0 spiro atoms. The molecule has 0 saturated heterocycles. The predicted octanol–water partition coefficient (Wildman–Crippen LogP) is 1.60. The second-order valence-electron chi connectivity index (χ2n) is 4.85. The molecule has 2 aliphatic rings. The van der Waals surface area contributed by atoms with Crippen LogP contribution in [0.4, 0.5) is 0 Å². The Morgan fingerprint density at radius 3 is 2.50 bits per heavy atom. The summed E-state index contributed by atoms with van der Waals surface area (Å²) in [6.07, 6.45) is 2.36. The van der Waals surface area contributed by atoms with E-state index in [2.05, 4.69) is 6.58 Å². The molecule has 16 heavy (non-hydrogen) atoms. The molecule has 0 aromatic rings. The smallest absolute Gasteiger partial charge is 0.333 e. The molecule has 2 saturated carbocycles. The number of rotatable bonds is 3. The van der Waals surface area contributed by atoms with E-state index in [4.69, 9.17) is 9.84 Å². The standard InChI is InChI=1S/C12H16O4/c1-6(2)12(15)16-10-8-4-3-7(5-8)9(10)11(13)14/h7-10H,1,3-5H2,2H3,(H,13,14). The van der Waals surface area contributed by atoms with Crippen LogP contribution in [0.25, 0.3) is 0 Å². The van der Waals surface area contributed by atoms with Gasteiger partial charge in [0.2, 0.25) is 0 Å². The van der Waals surface area contributed by atoms with Crippen molar-refractivity contribution >= 4 is 11.9 Å². The summed E-state index contributed by atoms with van der Waals surface area (Å²) >= 11 is 0. The average molecular weight is 224 g/mol. The van der Waals surface area contributed by atoms with Crippen molar-refractivity contribution in [2.45, 2.75) is 32.3 Å². The lowest BCUT2D eigenvalue weighted by atomic mass is 9.86. The van der Waals surface area contributed by atoms with E-state index < -0.39 is 24.0 Å². The highest BCUT2D eigenvalue weighted by Gasteiger charge is 2.53. The molecule has 1 N–H and O–H groups in total. The fourth-order valence-electron chi connectivity index (χ4n) is 2.97. The summed E-state index contributed by atoms with van der Waals surface area (Å²) < 4.78 is 5.26. The van der Waals surface area contributed by atoms with Gasteiger partial charge in [0, 0.05) is 5.57 Å². The second-order valence-corrected chi connectivity index (χ2v) is 4.85. The van der Waals surface area contributed by atoms with Gasteiger partial charge < -0.3 is 9.84 Å². The summed E-state index contributed by atoms with van der Waals surface area (Å²) in [7, 11) is 0. The van der Waals surface area contributed by atoms with Gasteiger partial charge >= 0.3 is 11.9 Å². The van der Waals surface area contributed by atoms with Gasteiger partial charge in [0.25, 0.3) is 0 Å². The summed E-state index contributed by atoms with van der Waals surface area (Å²) in [5, 5.41) is 9.14. The van der Waals surface area contributed by atoms with E-state index in [0.29, 0.717) is 5.57 Å². The molecule has 4 atom stereocenters. The maximum atomic E-state index is 11.4. The molecule has 0 heterocycles. The molecule has 4 unspecified atom stereocenters. The Morgan fingerprint density at radius 1 is 1.31 bits per heavy atom. The van der Waals surface area contributed by atoms with Crippen molar-refractivity contribution in [1.29, 1.82) is 0 Å². The molecule has 2 fully saturated rings. The lowest BCUT2D eigenvalue weighted by Crippen LogP contribution is -2.37. The highest BCUT2D eigenvalue weighted by Crippen LogP contribution is 2.50. The highest BCUT2D eigenvalue weighted by molar-refractivity contribution is 5.87. The Bertz CT molecular complexity index is 347. The van der Waals surface area contributed by atoms with Gasteiger partial charge in [0.15, 0.2) is 0 Å². The number of carboxylic acids is 1. The third-order valence-corrected chi connectivity index (χ3v) is 3.72. The number of fused-ring (bicyclic) bond motifs is 2. The van der Waals surface area contributed by atoms with Gasteiger partial charge in [-0.25, -0.2) is 4.79 Å². The maximum absolute atomic E-state index is 11.4. The summed E-state index contributed by atoms with van der Waals surface area (Å²) in [5.74, 6) is -1.41. The van der Waals surface area contributed by atoms with Gasteiger partial charge in [-0.15, -0.1) is 0 Å². The highest BCUT2D eigenvalue weighted by atomic mass is 16.5. The molecule has 88 valence electrons. The first-order chi connectivity index (χ1) is 7.50. The summed E-state index contributed by atoms with van der Waals surface area (Å²) in [5.41, 5.74) is 0.326. The minimum atomic E-state index is -0.841. The summed E-state index contributed by atoms with van der Waals surface area (Å²) in [6.45, 7) is 5.08. The molecule has 0 radical (unpaired) electrons. The van der Waals surface area contributed by atoms with Crippen molar-refractivity contribution in [3.63, 3.8) is 0 Å². The van der Waals surface area contributed by atoms with E-state index >= 15 is 0 Å². The van der Waals surface area contributed by atoms with Crippen molar-refractivity contribution in [1.82, 2.24) is 0 Å². The van der Waals surface area contributed by atoms with E-state index in [1.165, 1.54) is 0 Å². The number of hydrogen-bond donors (Lipinski definition) is 1. The van der Waals surface area contributed by atoms with E-state index in [0.717, 1.165) is 19.3 Å². The van der Waals surface area contributed by atoms with Crippen LogP contribution >= 0.6 is 0 Å². The minimum absolute atomic E-state index is 0.186. The molecule has 2 rings (SSSR count). The van der Waals surface area contributed by atoms with Crippen molar-refractivity contribution in [3.05, 3.63) is 12.2 Å². The Labute approximate surface area is 94.3 Å². The zero-order valence-corrected chi connectivity index (χ0v) is 9.31. The van der Waals surface area contributed by atoms with Crippen LogP contribution in [-0.2, 0) is 14.3 Å². The molecule has 2 bridgehead atoms. The van der Waals surface area contributed by atoms with Crippen LogP contribution in [0.3, 0.4) is 0 Å². The molecule has 4 nitrogen and oxygen atoms in total. The van der Waals surface area contributed by atoms with Crippen LogP contribution in [0.2, 0.25) is 0 Å². The van der Waals surface area contributed by atoms with Crippen molar-refractivity contribution in [2.24, 2.45) is 17.8 Å². The summed E-state index contributed by atoms with van der Waals surface area (Å²) in [4.78, 5) is 22.6. The van der Waals surface area contributed by atoms with Gasteiger partial charge in [0.05, 0.1) is 5.92 Å². The molecule has 4 heteroatoms. The van der Waals surface area contributed by atoms with Gasteiger partial charge in [-0.2, -0.15) is 0 Å². The first kappa shape index (κ1) is 11.2. The second kappa shape index (κ2) is 3.92. The van der Waals surface area contributed by atoms with Crippen molar-refractivity contribution in [2.75, 3.05) is 0 Å². The van der Waals surface area contributed by atoms with Gasteiger partial charge in [-0.05, 0) is 38.0 Å². The number of carbonyl (C=O) groups is 2. The van der Waals surface area contributed by atoms with Crippen LogP contribution in [-0.4, -0.2) is 23.1 Å². The maximum Gasteiger partial charge on any atom is 0.333 e. The molecular formula is C12H16O4. The number of hydrogen-bond acceptors (Lipinski definition) is 3. The van der Waals surface area contributed by atoms with E-state index in [1.54, 1.807) is 6.92 Å². The first-order valence-corrected chi connectivity index (χ1v) is 5.60. The SMILES string of the molecule is C=C(C)C(=O)OC1C2CCC(C2)C1C(=O)O. The normalized spacial score (nSPS) is 36.1. The lowest BCUT2D eigenvalue weighted by molar-refractivity contribution is -0.159. The quantitative estimate of drug-likeness (QED) is 0.584. The van der Waals surface area contributed by atoms with E-state index in [9.17, 15) is 9.59 Å². The third-order valence-electron chi connectivity index (χ3n) is 3.72. The van der Waals surface area contributed by atoms with Crippen LogP contribution < -0.4 is 0 Å². The van der Waals surface area contributed by atoms with Crippen LogP contribution in [0, 0.1) is 17.8 Å². The molecule has 2 aliphatic carbocycles. The van der Waals surface area contributed by atoms with Crippen LogP contribution in [0.15, 0.2) is 12.2 Å². The first-order valence-electron chi connectivity index (χ1n) is 5.60. The topological polar surface area (TPSA) is 63.6 Å². The third kappa shape index (κ3) is 1.72. The number of esters is 1. The molecule has 0 aliphatic heterocycles. The van der Waals surface area contributed by atoms with Gasteiger partial charge in [0.1, 0.15) is 6.10 Å². The van der Waals surface area contributed by atoms with Crippen LogP contribution in [0.1, 0.15) is 26.2 Å². The van der Waals surface area contributed by atoms with Gasteiger partial charge in [-0.1, -0.05) is 6.58 Å². The van der Waals surface area contributed by atoms with E-state index in [-0.39, 0.29) is 11.8 Å². The number of aliphatic carboxylic acids is 1. The van der Waals surface area contributed by atoms with Crippen LogP contribution in [0.5, 0.6) is 0 Å². The van der Waals surface area contributed by atoms with Gasteiger partial charge in [-0.3, -0.25) is 4.79 Å². The number of ether oxygens (including phenoxy) is 1. The zero-order valence-electron chi connectivity index (χ0n) is 9.31. The van der Waals surface area contributed by atoms with Crippen molar-refractivity contribution < 1.29 is 19.4 Å². The monoisotopic (exact) mass is 224 g/mol. The molecule has 0 amide bonds. The zero-order chi connectivity index (χ0) is 11.9. The fraction of sp³-hybridized carbons (Fsp3) is 0.667. The Balaban J connectivity index is 2.10.